The summed E-state index contributed by atoms with van der Waals surface area (Å²) in [6.45, 7) is 4.95. The third-order valence-corrected chi connectivity index (χ3v) is 5.28. The first-order chi connectivity index (χ1) is 14.8. The minimum Gasteiger partial charge on any atom is -0.481 e. The van der Waals surface area contributed by atoms with Crippen LogP contribution in [0.4, 0.5) is 5.82 Å². The summed E-state index contributed by atoms with van der Waals surface area (Å²) in [5.41, 5.74) is 1.09. The summed E-state index contributed by atoms with van der Waals surface area (Å²) in [4.78, 5) is 39.0. The summed E-state index contributed by atoms with van der Waals surface area (Å²) in [6.07, 6.45) is -0.361. The van der Waals surface area contributed by atoms with Crippen molar-refractivity contribution in [2.45, 2.75) is 32.9 Å². The molecule has 0 bridgehead atoms. The van der Waals surface area contributed by atoms with Gasteiger partial charge in [-0.1, -0.05) is 0 Å². The van der Waals surface area contributed by atoms with Gasteiger partial charge in [-0.3, -0.25) is 9.36 Å². The zero-order valence-electron chi connectivity index (χ0n) is 18.2. The van der Waals surface area contributed by atoms with E-state index < -0.39 is 12.0 Å². The van der Waals surface area contributed by atoms with E-state index in [0.29, 0.717) is 36.9 Å². The van der Waals surface area contributed by atoms with Crippen LogP contribution in [0.5, 0.6) is 11.9 Å². The second-order valence-corrected chi connectivity index (χ2v) is 7.43. The lowest BCUT2D eigenvalue weighted by atomic mass is 9.93. The molecule has 2 atom stereocenters. The molecule has 0 unspecified atom stereocenters. The summed E-state index contributed by atoms with van der Waals surface area (Å²) in [7, 11) is 2.96. The molecule has 168 valence electrons. The van der Waals surface area contributed by atoms with Crippen molar-refractivity contribution < 1.29 is 19.4 Å². The number of carbonyl (C=O) groups excluding carboxylic acids is 1. The highest BCUT2D eigenvalue weighted by Gasteiger charge is 2.34. The van der Waals surface area contributed by atoms with Crippen LogP contribution in [0, 0.1) is 19.8 Å². The first-order valence-corrected chi connectivity index (χ1v) is 10.0. The van der Waals surface area contributed by atoms with E-state index >= 15 is 0 Å². The van der Waals surface area contributed by atoms with E-state index in [1.54, 1.807) is 13.0 Å². The van der Waals surface area contributed by atoms with E-state index in [4.69, 9.17) is 9.47 Å². The molecule has 11 heteroatoms. The number of rotatable bonds is 7. The van der Waals surface area contributed by atoms with Gasteiger partial charge >= 0.3 is 11.7 Å². The van der Waals surface area contributed by atoms with Gasteiger partial charge < -0.3 is 24.8 Å². The molecule has 3 heterocycles. The number of hydrogen-bond donors (Lipinski definition) is 2. The Bertz CT molecular complexity index is 972. The van der Waals surface area contributed by atoms with Gasteiger partial charge in [-0.25, -0.2) is 4.79 Å². The Morgan fingerprint density at radius 1 is 1.23 bits per heavy atom. The lowest BCUT2D eigenvalue weighted by molar-refractivity contribution is -0.128. The first kappa shape index (κ1) is 22.5. The summed E-state index contributed by atoms with van der Waals surface area (Å²) in [5.74, 6) is -0.0200. The Morgan fingerprint density at radius 2 is 2.00 bits per heavy atom. The second kappa shape index (κ2) is 9.73. The van der Waals surface area contributed by atoms with Crippen molar-refractivity contribution in [3.8, 4) is 11.9 Å². The number of aliphatic hydroxyl groups is 1. The van der Waals surface area contributed by atoms with Crippen LogP contribution in [0.1, 0.15) is 17.8 Å². The molecule has 0 aliphatic carbocycles. The average Bonchev–Trinajstić information content (AvgIpc) is 2.75. The normalized spacial score (nSPS) is 18.5. The predicted molar refractivity (Wildman–Crippen MR) is 112 cm³/mol. The number of nitrogens with one attached hydrogen (secondary N) is 1. The van der Waals surface area contributed by atoms with Gasteiger partial charge in [0.2, 0.25) is 11.8 Å². The molecule has 0 spiro atoms. The van der Waals surface area contributed by atoms with E-state index in [-0.39, 0.29) is 30.7 Å². The molecule has 2 aromatic heterocycles. The monoisotopic (exact) mass is 432 g/mol. The Balaban J connectivity index is 1.65. The summed E-state index contributed by atoms with van der Waals surface area (Å²) in [5, 5.41) is 13.2. The topological polar surface area (TPSA) is 132 Å². The smallest absolute Gasteiger partial charge is 0.348 e. The van der Waals surface area contributed by atoms with Crippen molar-refractivity contribution >= 4 is 11.7 Å². The molecule has 2 aromatic rings. The maximum Gasteiger partial charge on any atom is 0.348 e. The van der Waals surface area contributed by atoms with Gasteiger partial charge in [-0.05, 0) is 26.3 Å². The number of ether oxygens (including phenoxy) is 2. The van der Waals surface area contributed by atoms with Crippen LogP contribution in [0.2, 0.25) is 0 Å². The molecule has 1 fully saturated rings. The minimum atomic E-state index is -0.771. The number of aromatic nitrogens is 4. The molecule has 3 rings (SSSR count). The molecule has 1 aliphatic rings. The SMILES string of the molecule is COc1cc(N2CC[C@@H](O)[C@@H](C(=O)NCCn3c(C)cc(C)nc3=O)C2)nc(OC)n1. The van der Waals surface area contributed by atoms with Crippen molar-refractivity contribution in [1.82, 2.24) is 24.8 Å². The van der Waals surface area contributed by atoms with Crippen molar-refractivity contribution in [1.29, 1.82) is 0 Å². The molecule has 1 saturated heterocycles. The van der Waals surface area contributed by atoms with Crippen LogP contribution in [-0.2, 0) is 11.3 Å². The van der Waals surface area contributed by atoms with E-state index in [2.05, 4.69) is 20.3 Å². The lowest BCUT2D eigenvalue weighted by Crippen LogP contribution is -2.50. The lowest BCUT2D eigenvalue weighted by Gasteiger charge is -2.36. The molecule has 0 radical (unpaired) electrons. The number of nitrogens with zero attached hydrogens (tertiary/aromatic N) is 5. The summed E-state index contributed by atoms with van der Waals surface area (Å²) in [6, 6.07) is 3.64. The van der Waals surface area contributed by atoms with Gasteiger partial charge in [0.1, 0.15) is 5.82 Å². The van der Waals surface area contributed by atoms with Crippen molar-refractivity contribution in [3.05, 3.63) is 34.0 Å². The number of methoxy groups -OCH3 is 2. The van der Waals surface area contributed by atoms with Gasteiger partial charge in [0.25, 0.3) is 0 Å². The average molecular weight is 432 g/mol. The number of hydrogen-bond acceptors (Lipinski definition) is 9. The van der Waals surface area contributed by atoms with Gasteiger partial charge in [-0.2, -0.15) is 15.0 Å². The number of piperidine rings is 1. The second-order valence-electron chi connectivity index (χ2n) is 7.43. The highest BCUT2D eigenvalue weighted by atomic mass is 16.5. The fraction of sp³-hybridized carbons (Fsp3) is 0.550. The Kier molecular flexibility index (Phi) is 7.06. The van der Waals surface area contributed by atoms with Crippen LogP contribution in [0.25, 0.3) is 0 Å². The quantitative estimate of drug-likeness (QED) is 0.604. The molecule has 31 heavy (non-hydrogen) atoms. The standard InChI is InChI=1S/C20H28N6O5/c1-12-9-13(2)26(20(29)22-12)8-6-21-18(28)14-11-25(7-5-15(14)27)16-10-17(30-3)24-19(23-16)31-4/h9-10,14-15,27H,5-8,11H2,1-4H3,(H,21,28)/t14-,15+/m0/s1. The fourth-order valence-corrected chi connectivity index (χ4v) is 3.62. The van der Waals surface area contributed by atoms with Crippen LogP contribution in [0.15, 0.2) is 16.9 Å². The van der Waals surface area contributed by atoms with Crippen molar-refractivity contribution in [3.63, 3.8) is 0 Å². The molecule has 2 N–H and O–H groups in total. The van der Waals surface area contributed by atoms with Crippen molar-refractivity contribution in [2.75, 3.05) is 38.8 Å². The van der Waals surface area contributed by atoms with Crippen LogP contribution >= 0.6 is 0 Å². The maximum atomic E-state index is 12.8. The number of amides is 1. The minimum absolute atomic E-state index is 0.161. The van der Waals surface area contributed by atoms with E-state index in [1.807, 2.05) is 17.9 Å². The number of aryl methyl sites for hydroxylation is 2. The number of aliphatic hydroxyl groups excluding tert-OH is 1. The molecular weight excluding hydrogens is 404 g/mol. The molecule has 1 amide bonds. The van der Waals surface area contributed by atoms with Crippen LogP contribution in [-0.4, -0.2) is 70.5 Å². The van der Waals surface area contributed by atoms with Gasteiger partial charge in [0, 0.05) is 43.6 Å². The Morgan fingerprint density at radius 3 is 2.68 bits per heavy atom. The largest absolute Gasteiger partial charge is 0.481 e. The van der Waals surface area contributed by atoms with E-state index in [0.717, 1.165) is 5.69 Å². The summed E-state index contributed by atoms with van der Waals surface area (Å²) < 4.78 is 11.8. The molecule has 0 saturated carbocycles. The highest BCUT2D eigenvalue weighted by molar-refractivity contribution is 5.80. The zero-order chi connectivity index (χ0) is 22.5. The van der Waals surface area contributed by atoms with Gasteiger partial charge in [0.15, 0.2) is 0 Å². The predicted octanol–water partition coefficient (Wildman–Crippen LogP) is -0.329. The first-order valence-electron chi connectivity index (χ1n) is 10.0. The van der Waals surface area contributed by atoms with Crippen LogP contribution in [0.3, 0.4) is 0 Å². The maximum absolute atomic E-state index is 12.8. The highest BCUT2D eigenvalue weighted by Crippen LogP contribution is 2.26. The van der Waals surface area contributed by atoms with Gasteiger partial charge in [0.05, 0.1) is 26.2 Å². The molecule has 11 nitrogen and oxygen atoms in total. The fourth-order valence-electron chi connectivity index (χ4n) is 3.62. The van der Waals surface area contributed by atoms with Crippen LogP contribution < -0.4 is 25.4 Å². The number of carbonyl (C=O) groups is 1. The Labute approximate surface area is 180 Å². The third kappa shape index (κ3) is 5.29. The van der Waals surface area contributed by atoms with E-state index in [1.165, 1.54) is 18.8 Å². The molecular formula is C20H28N6O5. The molecule has 1 aliphatic heterocycles. The zero-order valence-corrected chi connectivity index (χ0v) is 18.2. The summed E-state index contributed by atoms with van der Waals surface area (Å²) >= 11 is 0. The third-order valence-electron chi connectivity index (χ3n) is 5.28. The van der Waals surface area contributed by atoms with Crippen molar-refractivity contribution in [2.24, 2.45) is 5.92 Å². The number of anilines is 1. The molecule has 0 aromatic carbocycles. The Hall–Kier alpha value is -3.21. The van der Waals surface area contributed by atoms with E-state index in [9.17, 15) is 14.7 Å². The van der Waals surface area contributed by atoms with Gasteiger partial charge in [-0.15, -0.1) is 0 Å².